The van der Waals surface area contributed by atoms with Crippen molar-refractivity contribution in [3.05, 3.63) is 45.8 Å². The molecule has 1 aromatic heterocycles. The highest BCUT2D eigenvalue weighted by atomic mass is 32.2. The Hall–Kier alpha value is -2.27. The van der Waals surface area contributed by atoms with Gasteiger partial charge in [0.15, 0.2) is 0 Å². The van der Waals surface area contributed by atoms with E-state index in [9.17, 15) is 18.0 Å². The van der Waals surface area contributed by atoms with Gasteiger partial charge in [-0.1, -0.05) is 34.1 Å². The van der Waals surface area contributed by atoms with Crippen molar-refractivity contribution in [3.63, 3.8) is 0 Å². The number of hydrogen-bond donors (Lipinski definition) is 1. The normalized spacial score (nSPS) is 13.9. The first kappa shape index (κ1) is 30.3. The zero-order valence-electron chi connectivity index (χ0n) is 23.4. The van der Waals surface area contributed by atoms with Gasteiger partial charge in [0.25, 0.3) is 11.8 Å². The van der Waals surface area contributed by atoms with Gasteiger partial charge in [0.2, 0.25) is 10.0 Å². The van der Waals surface area contributed by atoms with E-state index in [0.29, 0.717) is 35.8 Å². The van der Waals surface area contributed by atoms with Crippen LogP contribution in [0.15, 0.2) is 29.2 Å². The summed E-state index contributed by atoms with van der Waals surface area (Å²) in [6.45, 7) is 12.7. The van der Waals surface area contributed by atoms with Gasteiger partial charge in [0.05, 0.1) is 10.5 Å². The van der Waals surface area contributed by atoms with Crippen molar-refractivity contribution in [2.24, 2.45) is 0 Å². The molecule has 0 saturated heterocycles. The van der Waals surface area contributed by atoms with Crippen LogP contribution in [-0.4, -0.2) is 74.1 Å². The molecule has 2 aromatic rings. The number of hydrogen-bond acceptors (Lipinski definition) is 6. The molecule has 1 aliphatic rings. The van der Waals surface area contributed by atoms with Crippen LogP contribution in [0.4, 0.5) is 5.00 Å². The quantitative estimate of drug-likeness (QED) is 0.369. The highest BCUT2D eigenvalue weighted by Crippen LogP contribution is 2.38. The Labute approximate surface area is 232 Å². The van der Waals surface area contributed by atoms with Gasteiger partial charge in [-0.15, -0.1) is 11.3 Å². The van der Waals surface area contributed by atoms with E-state index < -0.39 is 10.0 Å². The maximum Gasteiger partial charge on any atom is 0.257 e. The van der Waals surface area contributed by atoms with Crippen molar-refractivity contribution >= 4 is 38.2 Å². The van der Waals surface area contributed by atoms with E-state index in [1.54, 1.807) is 7.05 Å². The summed E-state index contributed by atoms with van der Waals surface area (Å²) < 4.78 is 27.0. The molecule has 8 nitrogen and oxygen atoms in total. The van der Waals surface area contributed by atoms with Crippen LogP contribution in [0.1, 0.15) is 84.5 Å². The molecule has 0 spiro atoms. The summed E-state index contributed by atoms with van der Waals surface area (Å²) in [4.78, 5) is 32.5. The maximum absolute atomic E-state index is 13.7. The number of unbranched alkanes of at least 4 members (excludes halogenated alkanes) is 1. The summed E-state index contributed by atoms with van der Waals surface area (Å²) in [7, 11) is -2.04. The molecule has 10 heteroatoms. The third-order valence-electron chi connectivity index (χ3n) is 6.95. The Morgan fingerprint density at radius 1 is 1.00 bits per heavy atom. The molecule has 0 aliphatic carbocycles. The minimum absolute atomic E-state index is 0.0250. The fourth-order valence-electron chi connectivity index (χ4n) is 4.69. The van der Waals surface area contributed by atoms with E-state index in [0.717, 1.165) is 62.2 Å². The van der Waals surface area contributed by atoms with Gasteiger partial charge in [-0.2, -0.15) is 0 Å². The largest absolute Gasteiger partial charge is 0.339 e. The van der Waals surface area contributed by atoms with Gasteiger partial charge >= 0.3 is 0 Å². The number of thiophene rings is 1. The average molecular weight is 563 g/mol. The Morgan fingerprint density at radius 3 is 2.24 bits per heavy atom. The van der Waals surface area contributed by atoms with E-state index in [1.807, 2.05) is 11.8 Å². The van der Waals surface area contributed by atoms with Crippen LogP contribution in [0.3, 0.4) is 0 Å². The molecule has 0 bridgehead atoms. The lowest BCUT2D eigenvalue weighted by molar-refractivity contribution is 0.0755. The summed E-state index contributed by atoms with van der Waals surface area (Å²) in [6.07, 6.45) is 4.20. The number of amides is 2. The van der Waals surface area contributed by atoms with E-state index in [-0.39, 0.29) is 16.7 Å². The number of anilines is 1. The zero-order valence-corrected chi connectivity index (χ0v) is 25.0. The molecule has 210 valence electrons. The highest BCUT2D eigenvalue weighted by Gasteiger charge is 2.31. The van der Waals surface area contributed by atoms with Crippen LogP contribution >= 0.6 is 11.3 Å². The summed E-state index contributed by atoms with van der Waals surface area (Å²) >= 11 is 1.48. The minimum Gasteiger partial charge on any atom is -0.339 e. The SMILES string of the molecule is CCCCN(C)S(=O)(=O)c1ccc(C(=O)Nc2sc3c(c2C(=O)N(CCC)CCC)CCN(CC)C3)cc1. The molecule has 0 unspecified atom stereocenters. The molecule has 1 N–H and O–H groups in total. The fourth-order valence-corrected chi connectivity index (χ4v) is 7.17. The topological polar surface area (TPSA) is 90.0 Å². The first-order chi connectivity index (χ1) is 18.2. The molecule has 1 aliphatic heterocycles. The smallest absolute Gasteiger partial charge is 0.257 e. The molecule has 0 fully saturated rings. The molecule has 2 amide bonds. The van der Waals surface area contributed by atoms with Crippen molar-refractivity contribution in [2.75, 3.05) is 45.1 Å². The lowest BCUT2D eigenvalue weighted by atomic mass is 10.0. The number of sulfonamides is 1. The van der Waals surface area contributed by atoms with Crippen molar-refractivity contribution in [1.82, 2.24) is 14.1 Å². The second-order valence-electron chi connectivity index (χ2n) is 9.78. The molecular formula is C28H42N4O4S2. The summed E-state index contributed by atoms with van der Waals surface area (Å²) in [5.41, 5.74) is 2.01. The van der Waals surface area contributed by atoms with Gasteiger partial charge < -0.3 is 10.2 Å². The number of carbonyl (C=O) groups is 2. The third kappa shape index (κ3) is 6.83. The monoisotopic (exact) mass is 562 g/mol. The van der Waals surface area contributed by atoms with Gasteiger partial charge in [-0.05, 0) is 62.1 Å². The lowest BCUT2D eigenvalue weighted by Gasteiger charge is -2.27. The molecule has 3 rings (SSSR count). The molecule has 1 aromatic carbocycles. The van der Waals surface area contributed by atoms with Crippen molar-refractivity contribution in [2.45, 2.75) is 71.2 Å². The first-order valence-electron chi connectivity index (χ1n) is 13.7. The van der Waals surface area contributed by atoms with Gasteiger partial charge in [-0.3, -0.25) is 14.5 Å². The van der Waals surface area contributed by atoms with Crippen LogP contribution in [-0.2, 0) is 23.0 Å². The second-order valence-corrected chi connectivity index (χ2v) is 12.9. The van der Waals surface area contributed by atoms with Crippen LogP contribution in [0.5, 0.6) is 0 Å². The number of rotatable bonds is 13. The second kappa shape index (κ2) is 13.7. The summed E-state index contributed by atoms with van der Waals surface area (Å²) in [5.74, 6) is -0.381. The van der Waals surface area contributed by atoms with Gasteiger partial charge in [0, 0.05) is 50.2 Å². The van der Waals surface area contributed by atoms with Crippen molar-refractivity contribution in [3.8, 4) is 0 Å². The van der Waals surface area contributed by atoms with Crippen molar-refractivity contribution in [1.29, 1.82) is 0 Å². The van der Waals surface area contributed by atoms with E-state index in [1.165, 1.54) is 39.9 Å². The molecule has 2 heterocycles. The number of fused-ring (bicyclic) bond motifs is 1. The predicted octanol–water partition coefficient (Wildman–Crippen LogP) is 5.06. The number of carbonyl (C=O) groups excluding carboxylic acids is 2. The molecular weight excluding hydrogens is 520 g/mol. The molecule has 0 radical (unpaired) electrons. The molecule has 0 saturated carbocycles. The Kier molecular flexibility index (Phi) is 10.9. The highest BCUT2D eigenvalue weighted by molar-refractivity contribution is 7.89. The zero-order chi connectivity index (χ0) is 27.9. The summed E-state index contributed by atoms with van der Waals surface area (Å²) in [5, 5.41) is 3.58. The standard InChI is InChI=1S/C28H42N4O4S2/c1-6-10-18-30(5)38(35,36)22-13-11-21(12-14-22)26(33)29-27-25(28(34)32(16-7-2)17-8-3)23-15-19-31(9-4)20-24(23)37-27/h11-14H,6-10,15-20H2,1-5H3,(H,29,33). The van der Waals surface area contributed by atoms with Crippen LogP contribution in [0.25, 0.3) is 0 Å². The van der Waals surface area contributed by atoms with Gasteiger partial charge in [-0.25, -0.2) is 12.7 Å². The Morgan fingerprint density at radius 2 is 1.66 bits per heavy atom. The van der Waals surface area contributed by atoms with Crippen molar-refractivity contribution < 1.29 is 18.0 Å². The average Bonchev–Trinajstić information content (AvgIpc) is 3.27. The van der Waals surface area contributed by atoms with E-state index in [4.69, 9.17) is 0 Å². The molecule has 38 heavy (non-hydrogen) atoms. The maximum atomic E-state index is 13.7. The van der Waals surface area contributed by atoms with Gasteiger partial charge in [0.1, 0.15) is 5.00 Å². The number of nitrogens with zero attached hydrogens (tertiary/aromatic N) is 3. The van der Waals surface area contributed by atoms with Crippen LogP contribution in [0.2, 0.25) is 0 Å². The van der Waals surface area contributed by atoms with Crippen LogP contribution < -0.4 is 5.32 Å². The predicted molar refractivity (Wildman–Crippen MR) is 155 cm³/mol. The van der Waals surface area contributed by atoms with Crippen LogP contribution in [0, 0.1) is 0 Å². The number of likely N-dealkylation sites (N-methyl/N-ethyl adjacent to an activating group) is 1. The first-order valence-corrected chi connectivity index (χ1v) is 16.0. The Balaban J connectivity index is 1.89. The Bertz CT molecular complexity index is 1200. The number of nitrogens with one attached hydrogen (secondary N) is 1. The number of benzene rings is 1. The lowest BCUT2D eigenvalue weighted by Crippen LogP contribution is -2.35. The molecule has 0 atom stereocenters. The third-order valence-corrected chi connectivity index (χ3v) is 9.95. The minimum atomic E-state index is -3.61. The fraction of sp³-hybridized carbons (Fsp3) is 0.571. The van der Waals surface area contributed by atoms with E-state index >= 15 is 0 Å². The summed E-state index contributed by atoms with van der Waals surface area (Å²) in [6, 6.07) is 6.01. The van der Waals surface area contributed by atoms with E-state index in [2.05, 4.69) is 31.0 Å².